The lowest BCUT2D eigenvalue weighted by Crippen LogP contribution is -2.29. The van der Waals surface area contributed by atoms with Crippen molar-refractivity contribution in [1.82, 2.24) is 14.5 Å². The quantitative estimate of drug-likeness (QED) is 0.632. The van der Waals surface area contributed by atoms with Crippen molar-refractivity contribution >= 4 is 22.7 Å². The van der Waals surface area contributed by atoms with Gasteiger partial charge in [-0.15, -0.1) is 0 Å². The van der Waals surface area contributed by atoms with Gasteiger partial charge in [-0.25, -0.2) is 9.37 Å². The maximum absolute atomic E-state index is 14.6. The summed E-state index contributed by atoms with van der Waals surface area (Å²) in [4.78, 5) is 25.9. The average Bonchev–Trinajstić information content (AvgIpc) is 3.15. The van der Waals surface area contributed by atoms with Gasteiger partial charge in [0, 0.05) is 31.0 Å². The second-order valence-corrected chi connectivity index (χ2v) is 8.64. The average molecular weight is 424 g/mol. The number of benzene rings is 1. The molecule has 0 saturated heterocycles. The summed E-state index contributed by atoms with van der Waals surface area (Å²) >= 11 is 1.47. The van der Waals surface area contributed by atoms with E-state index in [9.17, 15) is 9.18 Å². The lowest BCUT2D eigenvalue weighted by Gasteiger charge is -2.30. The fourth-order valence-corrected chi connectivity index (χ4v) is 4.56. The van der Waals surface area contributed by atoms with Crippen molar-refractivity contribution in [3.05, 3.63) is 71.6 Å². The Morgan fingerprint density at radius 1 is 1.30 bits per heavy atom. The zero-order chi connectivity index (χ0) is 21.3. The van der Waals surface area contributed by atoms with Gasteiger partial charge in [0.05, 0.1) is 23.6 Å². The molecule has 0 spiro atoms. The van der Waals surface area contributed by atoms with Crippen molar-refractivity contribution < 1.29 is 9.18 Å². The van der Waals surface area contributed by atoms with Crippen LogP contribution in [0.4, 0.5) is 4.39 Å². The molecule has 6 nitrogen and oxygen atoms in total. The van der Waals surface area contributed by atoms with Crippen molar-refractivity contribution in [3.63, 3.8) is 0 Å². The standard InChI is InChI=1S/C22H22FN5OS/c1-22(7-9-30-21(24)27-22)15-10-14(5-6-16(15)23)11-20(29)18-13-25-17(12-26-18)19-4-3-8-28(19)2/h3-6,8,10,12-13H,7,9,11H2,1-2H3,(H2,24,27)/t22-/m0/s1. The third-order valence-electron chi connectivity index (χ3n) is 5.32. The van der Waals surface area contributed by atoms with Crippen molar-refractivity contribution in [2.24, 2.45) is 17.8 Å². The minimum Gasteiger partial charge on any atom is -0.379 e. The van der Waals surface area contributed by atoms with Crippen LogP contribution in [0, 0.1) is 5.82 Å². The first kappa shape index (κ1) is 20.3. The van der Waals surface area contributed by atoms with Crippen LogP contribution < -0.4 is 5.73 Å². The van der Waals surface area contributed by atoms with Gasteiger partial charge in [0.2, 0.25) is 0 Å². The van der Waals surface area contributed by atoms with Gasteiger partial charge >= 0.3 is 0 Å². The van der Waals surface area contributed by atoms with Crippen molar-refractivity contribution in [2.75, 3.05) is 5.75 Å². The van der Waals surface area contributed by atoms with Crippen LogP contribution in [0.3, 0.4) is 0 Å². The lowest BCUT2D eigenvalue weighted by molar-refractivity contribution is 0.0987. The van der Waals surface area contributed by atoms with E-state index in [-0.39, 0.29) is 23.7 Å². The van der Waals surface area contributed by atoms with Gasteiger partial charge in [-0.1, -0.05) is 17.8 Å². The molecule has 0 saturated carbocycles. The number of hydrogen-bond acceptors (Lipinski definition) is 6. The number of aliphatic imine (C=N–C) groups is 1. The van der Waals surface area contributed by atoms with E-state index in [2.05, 4.69) is 15.0 Å². The van der Waals surface area contributed by atoms with Gasteiger partial charge in [-0.05, 0) is 43.2 Å². The van der Waals surface area contributed by atoms with E-state index in [1.54, 1.807) is 18.3 Å². The van der Waals surface area contributed by atoms with Gasteiger partial charge in [0.15, 0.2) is 11.0 Å². The second-order valence-electron chi connectivity index (χ2n) is 7.53. The zero-order valence-corrected chi connectivity index (χ0v) is 17.6. The number of rotatable bonds is 5. The third kappa shape index (κ3) is 4.00. The Morgan fingerprint density at radius 3 is 2.80 bits per heavy atom. The summed E-state index contributed by atoms with van der Waals surface area (Å²) in [5.74, 6) is 0.257. The van der Waals surface area contributed by atoms with Crippen LogP contribution in [0.2, 0.25) is 0 Å². The van der Waals surface area contributed by atoms with E-state index in [4.69, 9.17) is 5.73 Å². The third-order valence-corrected chi connectivity index (χ3v) is 6.11. The first-order valence-corrected chi connectivity index (χ1v) is 10.6. The number of ketones is 1. The molecule has 1 aromatic carbocycles. The lowest BCUT2D eigenvalue weighted by atomic mass is 9.87. The van der Waals surface area contributed by atoms with Crippen molar-refractivity contribution in [2.45, 2.75) is 25.3 Å². The summed E-state index contributed by atoms with van der Waals surface area (Å²) in [6.07, 6.45) is 5.79. The number of nitrogens with zero attached hydrogens (tertiary/aromatic N) is 4. The van der Waals surface area contributed by atoms with E-state index in [0.717, 1.165) is 11.4 Å². The van der Waals surface area contributed by atoms with Crippen LogP contribution in [-0.2, 0) is 19.0 Å². The molecule has 4 rings (SSSR count). The van der Waals surface area contributed by atoms with Gasteiger partial charge < -0.3 is 10.3 Å². The Labute approximate surface area is 178 Å². The molecule has 0 radical (unpaired) electrons. The summed E-state index contributed by atoms with van der Waals surface area (Å²) in [6.45, 7) is 1.87. The number of carbonyl (C=O) groups is 1. The number of halogens is 1. The molecule has 1 aliphatic heterocycles. The van der Waals surface area contributed by atoms with Gasteiger partial charge in [-0.2, -0.15) is 0 Å². The minimum absolute atomic E-state index is 0.107. The maximum atomic E-state index is 14.6. The Balaban J connectivity index is 1.55. The number of carbonyl (C=O) groups excluding carboxylic acids is 1. The molecule has 1 atom stereocenters. The summed E-state index contributed by atoms with van der Waals surface area (Å²) in [6, 6.07) is 8.58. The predicted molar refractivity (Wildman–Crippen MR) is 117 cm³/mol. The summed E-state index contributed by atoms with van der Waals surface area (Å²) in [5, 5.41) is 0.457. The number of aryl methyl sites for hydroxylation is 1. The van der Waals surface area contributed by atoms with Crippen LogP contribution in [0.1, 0.15) is 35.0 Å². The van der Waals surface area contributed by atoms with Crippen LogP contribution in [0.25, 0.3) is 11.4 Å². The molecule has 3 heterocycles. The molecule has 0 unspecified atom stereocenters. The molecule has 2 aromatic heterocycles. The molecule has 1 aliphatic rings. The Bertz CT molecular complexity index is 1120. The Morgan fingerprint density at radius 2 is 2.13 bits per heavy atom. The number of Topliss-reactive ketones (excluding diaryl/α,β-unsaturated/α-hetero) is 1. The number of aromatic nitrogens is 3. The molecular weight excluding hydrogens is 401 g/mol. The number of thioether (sulfide) groups is 1. The maximum Gasteiger partial charge on any atom is 0.187 e. The predicted octanol–water partition coefficient (Wildman–Crippen LogP) is 3.71. The van der Waals surface area contributed by atoms with Gasteiger partial charge in [0.1, 0.15) is 17.2 Å². The van der Waals surface area contributed by atoms with Crippen molar-refractivity contribution in [3.8, 4) is 11.4 Å². The van der Waals surface area contributed by atoms with Crippen LogP contribution in [0.15, 0.2) is 53.9 Å². The second kappa shape index (κ2) is 8.02. The van der Waals surface area contributed by atoms with Crippen molar-refractivity contribution in [1.29, 1.82) is 0 Å². The highest BCUT2D eigenvalue weighted by atomic mass is 32.2. The summed E-state index contributed by atoms with van der Waals surface area (Å²) < 4.78 is 16.5. The molecule has 30 heavy (non-hydrogen) atoms. The smallest absolute Gasteiger partial charge is 0.187 e. The van der Waals surface area contributed by atoms with E-state index in [0.29, 0.717) is 28.4 Å². The SMILES string of the molecule is Cn1cccc1-c1cnc(C(=O)Cc2ccc(F)c([C@]3(C)CCSC(N)=N3)c2)cn1. The molecule has 2 N–H and O–H groups in total. The highest BCUT2D eigenvalue weighted by Gasteiger charge is 2.32. The molecule has 0 bridgehead atoms. The van der Waals surface area contributed by atoms with E-state index in [1.165, 1.54) is 24.0 Å². The topological polar surface area (TPSA) is 86.2 Å². The number of amidine groups is 1. The number of hydrogen-bond donors (Lipinski definition) is 1. The minimum atomic E-state index is -0.727. The van der Waals surface area contributed by atoms with Crippen LogP contribution in [-0.4, -0.2) is 31.2 Å². The normalized spacial score (nSPS) is 18.8. The molecule has 0 aliphatic carbocycles. The van der Waals surface area contributed by atoms with Gasteiger partial charge in [0.25, 0.3) is 0 Å². The molecule has 8 heteroatoms. The largest absolute Gasteiger partial charge is 0.379 e. The molecular formula is C22H22FN5OS. The monoisotopic (exact) mass is 423 g/mol. The molecule has 154 valence electrons. The fourth-order valence-electron chi connectivity index (χ4n) is 3.58. The Kier molecular flexibility index (Phi) is 5.42. The molecule has 3 aromatic rings. The molecule has 0 fully saturated rings. The van der Waals surface area contributed by atoms with Crippen LogP contribution >= 0.6 is 11.8 Å². The van der Waals surface area contributed by atoms with E-state index in [1.807, 2.05) is 36.9 Å². The number of nitrogens with two attached hydrogens (primary N) is 1. The summed E-state index contributed by atoms with van der Waals surface area (Å²) in [7, 11) is 1.92. The first-order chi connectivity index (χ1) is 14.4. The van der Waals surface area contributed by atoms with E-state index < -0.39 is 5.54 Å². The van der Waals surface area contributed by atoms with Gasteiger partial charge in [-0.3, -0.25) is 14.8 Å². The first-order valence-electron chi connectivity index (χ1n) is 9.60. The Hall–Kier alpha value is -3.00. The highest BCUT2D eigenvalue weighted by molar-refractivity contribution is 8.13. The summed E-state index contributed by atoms with van der Waals surface area (Å²) in [5.41, 5.74) is 8.20. The highest BCUT2D eigenvalue weighted by Crippen LogP contribution is 2.36. The fraction of sp³-hybridized carbons (Fsp3) is 0.273. The van der Waals surface area contributed by atoms with E-state index >= 15 is 0 Å². The molecule has 0 amide bonds. The van der Waals surface area contributed by atoms with Crippen LogP contribution in [0.5, 0.6) is 0 Å². The zero-order valence-electron chi connectivity index (χ0n) is 16.8.